The highest BCUT2D eigenvalue weighted by molar-refractivity contribution is 6.77. The zero-order valence-electron chi connectivity index (χ0n) is 17.5. The highest BCUT2D eigenvalue weighted by Crippen LogP contribution is 2.42. The van der Waals surface area contributed by atoms with Gasteiger partial charge < -0.3 is 14.5 Å². The second-order valence-electron chi connectivity index (χ2n) is 8.06. The van der Waals surface area contributed by atoms with Crippen molar-refractivity contribution in [3.63, 3.8) is 0 Å². The summed E-state index contributed by atoms with van der Waals surface area (Å²) in [6.07, 6.45) is 0.419. The van der Waals surface area contributed by atoms with Crippen molar-refractivity contribution in [1.82, 2.24) is 5.32 Å². The molecule has 1 N–H and O–H groups in total. The number of nitrogens with one attached hydrogen (secondary N) is 1. The lowest BCUT2D eigenvalue weighted by Gasteiger charge is -2.42. The van der Waals surface area contributed by atoms with Gasteiger partial charge in [0.1, 0.15) is 6.61 Å². The Hall–Kier alpha value is -1.33. The molecule has 0 aliphatic heterocycles. The molecule has 0 unspecified atom stereocenters. The van der Waals surface area contributed by atoms with Gasteiger partial charge >= 0.3 is 6.09 Å². The summed E-state index contributed by atoms with van der Waals surface area (Å²) in [5.74, 6) is 0. The number of rotatable bonds is 10. The molecule has 0 radical (unpaired) electrons. The first kappa shape index (κ1) is 22.7. The van der Waals surface area contributed by atoms with E-state index in [0.717, 1.165) is 12.0 Å². The molecule has 0 spiro atoms. The van der Waals surface area contributed by atoms with E-state index in [0.29, 0.717) is 29.8 Å². The van der Waals surface area contributed by atoms with Crippen molar-refractivity contribution in [2.75, 3.05) is 6.61 Å². The van der Waals surface area contributed by atoms with Crippen LogP contribution in [-0.4, -0.2) is 27.1 Å². The Morgan fingerprint density at radius 3 is 2.00 bits per heavy atom. The predicted octanol–water partition coefficient (Wildman–Crippen LogP) is 5.88. The molecule has 26 heavy (non-hydrogen) atoms. The third-order valence-electron chi connectivity index (χ3n) is 5.19. The average Bonchev–Trinajstić information content (AvgIpc) is 2.56. The van der Waals surface area contributed by atoms with E-state index >= 15 is 0 Å². The highest BCUT2D eigenvalue weighted by atomic mass is 28.4. The SMILES string of the molecule is CC(C)[Si](OCC[C@@H](C)NC(=O)OCc1ccccc1)(C(C)C)C(C)C. The van der Waals surface area contributed by atoms with Crippen LogP contribution in [0.5, 0.6) is 0 Å². The van der Waals surface area contributed by atoms with Gasteiger partial charge in [-0.05, 0) is 35.5 Å². The van der Waals surface area contributed by atoms with Gasteiger partial charge in [0.25, 0.3) is 0 Å². The first-order valence-electron chi connectivity index (χ1n) is 9.81. The summed E-state index contributed by atoms with van der Waals surface area (Å²) in [6, 6.07) is 9.73. The van der Waals surface area contributed by atoms with Crippen LogP contribution in [-0.2, 0) is 15.8 Å². The third kappa shape index (κ3) is 6.43. The van der Waals surface area contributed by atoms with Gasteiger partial charge in [-0.1, -0.05) is 71.9 Å². The molecule has 1 aromatic carbocycles. The molecule has 0 saturated heterocycles. The molecule has 1 atom stereocenters. The number of carbonyl (C=O) groups is 1. The normalized spacial score (nSPS) is 13.3. The number of alkyl carbamates (subject to hydrolysis) is 1. The Labute approximate surface area is 160 Å². The van der Waals surface area contributed by atoms with Crippen LogP contribution in [0.2, 0.25) is 16.6 Å². The number of carbonyl (C=O) groups excluding carboxylic acids is 1. The van der Waals surface area contributed by atoms with Crippen molar-refractivity contribution in [3.05, 3.63) is 35.9 Å². The van der Waals surface area contributed by atoms with Gasteiger partial charge in [-0.25, -0.2) is 4.79 Å². The predicted molar refractivity (Wildman–Crippen MR) is 111 cm³/mol. The molecule has 0 aliphatic rings. The first-order chi connectivity index (χ1) is 12.2. The maximum absolute atomic E-state index is 11.9. The van der Waals surface area contributed by atoms with E-state index in [1.54, 1.807) is 0 Å². The monoisotopic (exact) mass is 379 g/mol. The summed E-state index contributed by atoms with van der Waals surface area (Å²) in [5.41, 5.74) is 2.70. The van der Waals surface area contributed by atoms with E-state index in [1.807, 2.05) is 37.3 Å². The van der Waals surface area contributed by atoms with E-state index in [2.05, 4.69) is 46.9 Å². The molecule has 0 aliphatic carbocycles. The van der Waals surface area contributed by atoms with E-state index in [1.165, 1.54) is 0 Å². The Morgan fingerprint density at radius 2 is 1.50 bits per heavy atom. The molecule has 0 fully saturated rings. The Morgan fingerprint density at radius 1 is 0.962 bits per heavy atom. The van der Waals surface area contributed by atoms with Crippen molar-refractivity contribution < 1.29 is 14.0 Å². The molecule has 1 rings (SSSR count). The van der Waals surface area contributed by atoms with Gasteiger partial charge in [-0.2, -0.15) is 0 Å². The van der Waals surface area contributed by atoms with Crippen molar-refractivity contribution >= 4 is 14.4 Å². The van der Waals surface area contributed by atoms with Gasteiger partial charge in [0.15, 0.2) is 8.32 Å². The van der Waals surface area contributed by atoms with E-state index in [-0.39, 0.29) is 12.1 Å². The smallest absolute Gasteiger partial charge is 0.407 e. The maximum Gasteiger partial charge on any atom is 0.407 e. The molecule has 0 aromatic heterocycles. The molecule has 1 aromatic rings. The number of hydrogen-bond acceptors (Lipinski definition) is 3. The van der Waals surface area contributed by atoms with Crippen molar-refractivity contribution in [2.45, 2.75) is 84.2 Å². The third-order valence-corrected chi connectivity index (χ3v) is 11.3. The van der Waals surface area contributed by atoms with Crippen molar-refractivity contribution in [3.8, 4) is 0 Å². The lowest BCUT2D eigenvalue weighted by molar-refractivity contribution is 0.134. The van der Waals surface area contributed by atoms with Gasteiger partial charge in [-0.3, -0.25) is 0 Å². The van der Waals surface area contributed by atoms with Gasteiger partial charge in [0.2, 0.25) is 0 Å². The molecule has 0 heterocycles. The average molecular weight is 380 g/mol. The van der Waals surface area contributed by atoms with Gasteiger partial charge in [-0.15, -0.1) is 0 Å². The fourth-order valence-electron chi connectivity index (χ4n) is 3.95. The van der Waals surface area contributed by atoms with Crippen molar-refractivity contribution in [1.29, 1.82) is 0 Å². The fraction of sp³-hybridized carbons (Fsp3) is 0.667. The summed E-state index contributed by atoms with van der Waals surface area (Å²) in [7, 11) is -1.84. The molecule has 4 nitrogen and oxygen atoms in total. The van der Waals surface area contributed by atoms with Crippen LogP contribution in [0.15, 0.2) is 30.3 Å². The minimum absolute atomic E-state index is 0.0245. The minimum Gasteiger partial charge on any atom is -0.445 e. The summed E-state index contributed by atoms with van der Waals surface area (Å²) >= 11 is 0. The maximum atomic E-state index is 11.9. The zero-order chi connectivity index (χ0) is 19.7. The molecular formula is C21H37NO3Si. The lowest BCUT2D eigenvalue weighted by atomic mass is 10.2. The molecule has 1 amide bonds. The van der Waals surface area contributed by atoms with Gasteiger partial charge in [0, 0.05) is 12.6 Å². The van der Waals surface area contributed by atoms with Gasteiger partial charge in [0.05, 0.1) is 0 Å². The van der Waals surface area contributed by atoms with E-state index in [4.69, 9.17) is 9.16 Å². The standard InChI is InChI=1S/C21H37NO3Si/c1-16(2)26(17(3)4,18(5)6)25-14-13-19(7)22-21(23)24-15-20-11-9-8-10-12-20/h8-12,16-19H,13-15H2,1-7H3,(H,22,23)/t19-/m1/s1. The fourth-order valence-corrected chi connectivity index (χ4v) is 9.42. The first-order valence-corrected chi connectivity index (χ1v) is 11.9. The summed E-state index contributed by atoms with van der Waals surface area (Å²) in [6.45, 7) is 16.7. The summed E-state index contributed by atoms with van der Waals surface area (Å²) < 4.78 is 11.8. The Balaban J connectivity index is 2.42. The number of benzene rings is 1. The molecule has 0 saturated carbocycles. The summed E-state index contributed by atoms with van der Waals surface area (Å²) in [5, 5.41) is 2.90. The number of amides is 1. The second kappa shape index (κ2) is 10.7. The van der Waals surface area contributed by atoms with E-state index in [9.17, 15) is 4.79 Å². The quantitative estimate of drug-likeness (QED) is 0.516. The molecule has 148 valence electrons. The second-order valence-corrected chi connectivity index (χ2v) is 13.5. The summed E-state index contributed by atoms with van der Waals surface area (Å²) in [4.78, 5) is 11.9. The molecule has 5 heteroatoms. The van der Waals surface area contributed by atoms with Crippen LogP contribution >= 0.6 is 0 Å². The zero-order valence-corrected chi connectivity index (χ0v) is 18.5. The Bertz CT molecular complexity index is 510. The number of hydrogen-bond donors (Lipinski definition) is 1. The van der Waals surface area contributed by atoms with Crippen LogP contribution in [0.1, 0.15) is 60.5 Å². The minimum atomic E-state index is -1.84. The van der Waals surface area contributed by atoms with Crippen LogP contribution in [0.3, 0.4) is 0 Å². The largest absolute Gasteiger partial charge is 0.445 e. The Kier molecular flexibility index (Phi) is 9.37. The van der Waals surface area contributed by atoms with E-state index < -0.39 is 8.32 Å². The van der Waals surface area contributed by atoms with Crippen molar-refractivity contribution in [2.24, 2.45) is 0 Å². The molecular weight excluding hydrogens is 342 g/mol. The van der Waals surface area contributed by atoms with Crippen LogP contribution in [0, 0.1) is 0 Å². The molecule has 0 bridgehead atoms. The number of ether oxygens (including phenoxy) is 1. The topological polar surface area (TPSA) is 47.6 Å². The van der Waals surface area contributed by atoms with Crippen LogP contribution in [0.25, 0.3) is 0 Å². The van der Waals surface area contributed by atoms with Crippen LogP contribution < -0.4 is 5.32 Å². The highest BCUT2D eigenvalue weighted by Gasteiger charge is 2.44. The lowest BCUT2D eigenvalue weighted by Crippen LogP contribution is -2.48. The van der Waals surface area contributed by atoms with Crippen LogP contribution in [0.4, 0.5) is 4.79 Å².